The maximum Gasteiger partial charge on any atom is 0.261 e. The van der Waals surface area contributed by atoms with Crippen LogP contribution in [0.2, 0.25) is 0 Å². The number of hydrogen-bond acceptors (Lipinski definition) is 4. The fourth-order valence-corrected chi connectivity index (χ4v) is 2.93. The molecule has 1 aromatic heterocycles. The molecule has 0 radical (unpaired) electrons. The second-order valence-corrected chi connectivity index (χ2v) is 5.87. The van der Waals surface area contributed by atoms with Gasteiger partial charge in [-0.25, -0.2) is 0 Å². The predicted octanol–water partition coefficient (Wildman–Crippen LogP) is 3.20. The number of fused-ring (bicyclic) bond motifs is 1. The minimum absolute atomic E-state index is 0.123. The van der Waals surface area contributed by atoms with Crippen LogP contribution in [0.5, 0.6) is 5.75 Å². The van der Waals surface area contributed by atoms with E-state index in [1.165, 1.54) is 0 Å². The third-order valence-electron chi connectivity index (χ3n) is 4.36. The largest absolute Gasteiger partial charge is 0.480 e. The van der Waals surface area contributed by atoms with E-state index in [2.05, 4.69) is 24.3 Å². The Balaban J connectivity index is 1.54. The van der Waals surface area contributed by atoms with Gasteiger partial charge >= 0.3 is 0 Å². The number of carbonyl (C=O) groups is 1. The van der Waals surface area contributed by atoms with Gasteiger partial charge in [0, 0.05) is 18.4 Å². The van der Waals surface area contributed by atoms with Crippen molar-refractivity contribution in [1.29, 1.82) is 0 Å². The van der Waals surface area contributed by atoms with E-state index in [9.17, 15) is 4.79 Å². The molecule has 0 aliphatic carbocycles. The lowest BCUT2D eigenvalue weighted by Gasteiger charge is -2.10. The molecule has 0 unspecified atom stereocenters. The Morgan fingerprint density at radius 3 is 2.87 bits per heavy atom. The van der Waals surface area contributed by atoms with Crippen molar-refractivity contribution in [3.05, 3.63) is 47.3 Å². The fraction of sp³-hybridized carbons (Fsp3) is 0.444. The van der Waals surface area contributed by atoms with E-state index in [4.69, 9.17) is 9.26 Å². The maximum atomic E-state index is 12.2. The van der Waals surface area contributed by atoms with Crippen LogP contribution in [0.4, 0.5) is 0 Å². The van der Waals surface area contributed by atoms with Crippen molar-refractivity contribution in [3.8, 4) is 5.75 Å². The van der Waals surface area contributed by atoms with Crippen LogP contribution in [0.25, 0.3) is 0 Å². The molecule has 122 valence electrons. The average Bonchev–Trinajstić information content (AvgIpc) is 3.20. The van der Waals surface area contributed by atoms with E-state index < -0.39 is 6.10 Å². The number of hydrogen-bond donors (Lipinski definition) is 1. The van der Waals surface area contributed by atoms with Crippen molar-refractivity contribution in [3.63, 3.8) is 0 Å². The zero-order valence-corrected chi connectivity index (χ0v) is 13.5. The molecule has 0 fully saturated rings. The van der Waals surface area contributed by atoms with Crippen LogP contribution in [0.15, 0.2) is 34.9 Å². The number of nitrogens with zero attached hydrogens (tertiary/aromatic N) is 1. The number of aromatic nitrogens is 1. The lowest BCUT2D eigenvalue weighted by Crippen LogP contribution is -2.36. The Bertz CT molecular complexity index is 651. The monoisotopic (exact) mass is 314 g/mol. The molecule has 5 heteroatoms. The van der Waals surface area contributed by atoms with Gasteiger partial charge in [-0.05, 0) is 24.5 Å². The molecule has 5 nitrogen and oxygen atoms in total. The summed E-state index contributed by atoms with van der Waals surface area (Å²) in [6, 6.07) is 9.67. The molecule has 3 rings (SSSR count). The number of amides is 1. The Morgan fingerprint density at radius 2 is 2.13 bits per heavy atom. The second kappa shape index (κ2) is 6.86. The molecule has 1 aromatic carbocycles. The predicted molar refractivity (Wildman–Crippen MR) is 86.2 cm³/mol. The molecule has 1 amide bonds. The SMILES string of the molecule is CCC(CC)c1cc(CNC(=O)[C@@H]2Cc3ccccc3O2)on1. The highest BCUT2D eigenvalue weighted by molar-refractivity contribution is 5.82. The van der Waals surface area contributed by atoms with E-state index in [0.29, 0.717) is 24.6 Å². The molecule has 1 atom stereocenters. The standard InChI is InChI=1S/C18H22N2O3/c1-3-12(4-2)15-10-14(23-20-15)11-19-18(21)17-9-13-7-5-6-8-16(13)22-17/h5-8,10,12,17H,3-4,9,11H2,1-2H3,(H,19,21)/t17-/m0/s1. The van der Waals surface area contributed by atoms with Gasteiger partial charge in [0.05, 0.1) is 12.2 Å². The van der Waals surface area contributed by atoms with Crippen LogP contribution in [-0.2, 0) is 17.8 Å². The second-order valence-electron chi connectivity index (χ2n) is 5.87. The van der Waals surface area contributed by atoms with Gasteiger partial charge in [0.15, 0.2) is 11.9 Å². The molecule has 2 aromatic rings. The van der Waals surface area contributed by atoms with Gasteiger partial charge in [0.25, 0.3) is 5.91 Å². The molecule has 0 spiro atoms. The van der Waals surface area contributed by atoms with Crippen molar-refractivity contribution in [1.82, 2.24) is 10.5 Å². The van der Waals surface area contributed by atoms with Gasteiger partial charge in [-0.3, -0.25) is 4.79 Å². The summed E-state index contributed by atoms with van der Waals surface area (Å²) in [6.07, 6.45) is 2.21. The van der Waals surface area contributed by atoms with Crippen molar-refractivity contribution in [2.24, 2.45) is 0 Å². The Labute approximate surface area is 136 Å². The lowest BCUT2D eigenvalue weighted by molar-refractivity contribution is -0.127. The van der Waals surface area contributed by atoms with Gasteiger partial charge in [-0.15, -0.1) is 0 Å². The molecular weight excluding hydrogens is 292 g/mol. The average molecular weight is 314 g/mol. The van der Waals surface area contributed by atoms with Gasteiger partial charge in [0.2, 0.25) is 0 Å². The van der Waals surface area contributed by atoms with Crippen molar-refractivity contribution in [2.45, 2.75) is 51.7 Å². The van der Waals surface area contributed by atoms with Gasteiger partial charge in [-0.2, -0.15) is 0 Å². The van der Waals surface area contributed by atoms with Crippen molar-refractivity contribution in [2.75, 3.05) is 0 Å². The first-order valence-corrected chi connectivity index (χ1v) is 8.19. The molecule has 0 bridgehead atoms. The first kappa shape index (κ1) is 15.6. The van der Waals surface area contributed by atoms with Gasteiger partial charge in [0.1, 0.15) is 5.75 Å². The van der Waals surface area contributed by atoms with Crippen LogP contribution < -0.4 is 10.1 Å². The normalized spacial score (nSPS) is 16.2. The summed E-state index contributed by atoms with van der Waals surface area (Å²) in [7, 11) is 0. The lowest BCUT2D eigenvalue weighted by atomic mass is 9.99. The van der Waals surface area contributed by atoms with Crippen molar-refractivity contribution < 1.29 is 14.1 Å². The first-order valence-electron chi connectivity index (χ1n) is 8.19. The zero-order valence-electron chi connectivity index (χ0n) is 13.5. The van der Waals surface area contributed by atoms with Gasteiger partial charge in [-0.1, -0.05) is 37.2 Å². The zero-order chi connectivity index (χ0) is 16.2. The molecule has 0 saturated heterocycles. The molecule has 1 aliphatic heterocycles. The van der Waals surface area contributed by atoms with Crippen LogP contribution >= 0.6 is 0 Å². The van der Waals surface area contributed by atoms with Crippen molar-refractivity contribution >= 4 is 5.91 Å². The highest BCUT2D eigenvalue weighted by atomic mass is 16.5. The summed E-state index contributed by atoms with van der Waals surface area (Å²) in [4.78, 5) is 12.2. The highest BCUT2D eigenvalue weighted by Gasteiger charge is 2.28. The quantitative estimate of drug-likeness (QED) is 0.889. The molecule has 2 heterocycles. The third-order valence-corrected chi connectivity index (χ3v) is 4.36. The number of benzene rings is 1. The van der Waals surface area contributed by atoms with E-state index in [-0.39, 0.29) is 5.91 Å². The number of rotatable bonds is 6. The van der Waals surface area contributed by atoms with E-state index in [1.807, 2.05) is 30.3 Å². The van der Waals surface area contributed by atoms with Crippen LogP contribution in [0, 0.1) is 0 Å². The number of para-hydroxylation sites is 1. The van der Waals surface area contributed by atoms with Crippen LogP contribution in [-0.4, -0.2) is 17.2 Å². The molecular formula is C18H22N2O3. The van der Waals surface area contributed by atoms with Crippen LogP contribution in [0.3, 0.4) is 0 Å². The van der Waals surface area contributed by atoms with E-state index in [0.717, 1.165) is 29.8 Å². The summed E-state index contributed by atoms with van der Waals surface area (Å²) in [5.74, 6) is 1.76. The summed E-state index contributed by atoms with van der Waals surface area (Å²) in [5, 5.41) is 6.97. The summed E-state index contributed by atoms with van der Waals surface area (Å²) in [5.41, 5.74) is 2.03. The number of ether oxygens (including phenoxy) is 1. The Hall–Kier alpha value is -2.30. The molecule has 23 heavy (non-hydrogen) atoms. The van der Waals surface area contributed by atoms with Gasteiger partial charge < -0.3 is 14.6 Å². The number of carbonyl (C=O) groups excluding carboxylic acids is 1. The maximum absolute atomic E-state index is 12.2. The molecule has 1 N–H and O–H groups in total. The van der Waals surface area contributed by atoms with E-state index in [1.54, 1.807) is 0 Å². The third kappa shape index (κ3) is 3.38. The summed E-state index contributed by atoms with van der Waals surface area (Å²) < 4.78 is 11.0. The Morgan fingerprint density at radius 1 is 1.35 bits per heavy atom. The minimum Gasteiger partial charge on any atom is -0.480 e. The van der Waals surface area contributed by atoms with Crippen LogP contribution in [0.1, 0.15) is 49.6 Å². The summed E-state index contributed by atoms with van der Waals surface area (Å²) >= 11 is 0. The summed E-state index contributed by atoms with van der Waals surface area (Å²) in [6.45, 7) is 4.61. The van der Waals surface area contributed by atoms with E-state index >= 15 is 0 Å². The molecule has 0 saturated carbocycles. The smallest absolute Gasteiger partial charge is 0.261 e. The highest BCUT2D eigenvalue weighted by Crippen LogP contribution is 2.28. The minimum atomic E-state index is -0.464. The topological polar surface area (TPSA) is 64.4 Å². The molecule has 1 aliphatic rings. The number of nitrogens with one attached hydrogen (secondary N) is 1. The Kier molecular flexibility index (Phi) is 4.65. The first-order chi connectivity index (χ1) is 11.2. The fourth-order valence-electron chi connectivity index (χ4n) is 2.93.